The first-order chi connectivity index (χ1) is 11.2. The molecule has 8 heteroatoms. The van der Waals surface area contributed by atoms with Gasteiger partial charge in [0.25, 0.3) is 0 Å². The Morgan fingerprint density at radius 1 is 0.739 bits per heavy atom. The van der Waals surface area contributed by atoms with Gasteiger partial charge in [-0.3, -0.25) is 0 Å². The summed E-state index contributed by atoms with van der Waals surface area (Å²) in [5.41, 5.74) is 0. The van der Waals surface area contributed by atoms with Gasteiger partial charge in [0, 0.05) is 13.2 Å². The lowest BCUT2D eigenvalue weighted by Crippen LogP contribution is -2.18. The number of cyclic esters (lactones) is 4. The van der Waals surface area contributed by atoms with E-state index in [0.29, 0.717) is 26.4 Å². The van der Waals surface area contributed by atoms with Crippen LogP contribution in [0, 0.1) is 0 Å². The Morgan fingerprint density at radius 2 is 1.17 bits per heavy atom. The summed E-state index contributed by atoms with van der Waals surface area (Å²) in [6.07, 6.45) is 3.53. The summed E-state index contributed by atoms with van der Waals surface area (Å²) in [5.74, 6) is 0. The summed E-state index contributed by atoms with van der Waals surface area (Å²) < 4.78 is 29.9. The van der Waals surface area contributed by atoms with E-state index in [1.807, 2.05) is 0 Å². The van der Waals surface area contributed by atoms with Gasteiger partial charge in [-0.1, -0.05) is 19.3 Å². The van der Waals surface area contributed by atoms with Gasteiger partial charge in [-0.2, -0.15) is 0 Å². The molecule has 0 spiro atoms. The maximum absolute atomic E-state index is 10.7. The molecule has 8 nitrogen and oxygen atoms in total. The van der Waals surface area contributed by atoms with Crippen molar-refractivity contribution in [1.29, 1.82) is 0 Å². The fourth-order valence-corrected chi connectivity index (χ4v) is 2.26. The van der Waals surface area contributed by atoms with Crippen molar-refractivity contribution in [2.24, 2.45) is 0 Å². The number of unbranched alkanes of at least 4 members (excludes halogenated alkanes) is 4. The number of carbonyl (C=O) groups excluding carboxylic acids is 2. The highest BCUT2D eigenvalue weighted by Crippen LogP contribution is 2.09. The van der Waals surface area contributed by atoms with E-state index in [2.05, 4.69) is 9.47 Å². The van der Waals surface area contributed by atoms with E-state index in [4.69, 9.17) is 18.9 Å². The van der Waals surface area contributed by atoms with Gasteiger partial charge in [0.2, 0.25) is 0 Å². The molecule has 2 fully saturated rings. The van der Waals surface area contributed by atoms with Crippen molar-refractivity contribution in [2.75, 3.05) is 39.6 Å². The minimum Gasteiger partial charge on any atom is -0.430 e. The van der Waals surface area contributed by atoms with Crippen molar-refractivity contribution in [1.82, 2.24) is 0 Å². The average Bonchev–Trinajstić information content (AvgIpc) is 3.13. The van der Waals surface area contributed by atoms with Gasteiger partial charge in [0.15, 0.2) is 12.2 Å². The SMILES string of the molecule is O=C1OCC(COCCCCCCCOCC2COC(=O)O2)O1. The first-order valence-corrected chi connectivity index (χ1v) is 8.06. The van der Waals surface area contributed by atoms with Crippen LogP contribution in [0.15, 0.2) is 0 Å². The quantitative estimate of drug-likeness (QED) is 0.396. The summed E-state index contributed by atoms with van der Waals surface area (Å²) in [5, 5.41) is 0. The molecule has 0 radical (unpaired) electrons. The number of carbonyl (C=O) groups is 2. The largest absolute Gasteiger partial charge is 0.508 e. The molecular weight excluding hydrogens is 308 g/mol. The summed E-state index contributed by atoms with van der Waals surface area (Å²) in [6, 6.07) is 0. The van der Waals surface area contributed by atoms with Crippen molar-refractivity contribution in [3.8, 4) is 0 Å². The van der Waals surface area contributed by atoms with Crippen molar-refractivity contribution in [3.63, 3.8) is 0 Å². The molecule has 0 bridgehead atoms. The summed E-state index contributed by atoms with van der Waals surface area (Å²) >= 11 is 0. The monoisotopic (exact) mass is 332 g/mol. The Bertz CT molecular complexity index is 338. The second-order valence-corrected chi connectivity index (χ2v) is 5.52. The van der Waals surface area contributed by atoms with Crippen molar-refractivity contribution < 1.29 is 38.0 Å². The third kappa shape index (κ3) is 7.51. The molecule has 0 N–H and O–H groups in total. The van der Waals surface area contributed by atoms with Gasteiger partial charge < -0.3 is 28.4 Å². The van der Waals surface area contributed by atoms with Gasteiger partial charge in [-0.15, -0.1) is 0 Å². The molecule has 0 saturated carbocycles. The molecule has 0 aromatic rings. The first-order valence-electron chi connectivity index (χ1n) is 8.06. The standard InChI is InChI=1S/C15H24O8/c16-14-20-10-12(22-14)8-18-6-4-2-1-3-5-7-19-9-13-11-21-15(17)23-13/h12-13H,1-11H2. The van der Waals surface area contributed by atoms with E-state index in [9.17, 15) is 9.59 Å². The minimum absolute atomic E-state index is 0.260. The molecule has 0 aromatic carbocycles. The lowest BCUT2D eigenvalue weighted by Gasteiger charge is -2.08. The molecular formula is C15H24O8. The molecule has 2 rings (SSSR count). The zero-order chi connectivity index (χ0) is 16.3. The molecule has 2 aliphatic heterocycles. The molecule has 23 heavy (non-hydrogen) atoms. The van der Waals surface area contributed by atoms with Crippen molar-refractivity contribution >= 4 is 12.3 Å². The second-order valence-electron chi connectivity index (χ2n) is 5.52. The number of ether oxygens (including phenoxy) is 6. The van der Waals surface area contributed by atoms with E-state index in [1.165, 1.54) is 0 Å². The fourth-order valence-electron chi connectivity index (χ4n) is 2.26. The summed E-state index contributed by atoms with van der Waals surface area (Å²) in [4.78, 5) is 21.4. The van der Waals surface area contributed by atoms with E-state index in [-0.39, 0.29) is 25.4 Å². The smallest absolute Gasteiger partial charge is 0.430 e. The van der Waals surface area contributed by atoms with Crippen LogP contribution in [-0.4, -0.2) is 64.2 Å². The van der Waals surface area contributed by atoms with Crippen LogP contribution in [0.5, 0.6) is 0 Å². The zero-order valence-electron chi connectivity index (χ0n) is 13.2. The Hall–Kier alpha value is -1.54. The Balaban J connectivity index is 1.28. The molecule has 0 aliphatic carbocycles. The molecule has 2 heterocycles. The maximum Gasteiger partial charge on any atom is 0.508 e. The molecule has 2 saturated heterocycles. The van der Waals surface area contributed by atoms with Gasteiger partial charge in [0.1, 0.15) is 13.2 Å². The van der Waals surface area contributed by atoms with Gasteiger partial charge >= 0.3 is 12.3 Å². The van der Waals surface area contributed by atoms with Crippen LogP contribution in [0.4, 0.5) is 9.59 Å². The van der Waals surface area contributed by atoms with Crippen LogP contribution in [0.3, 0.4) is 0 Å². The second kappa shape index (κ2) is 10.3. The highest BCUT2D eigenvalue weighted by Gasteiger charge is 2.25. The topological polar surface area (TPSA) is 89.5 Å². The molecule has 2 unspecified atom stereocenters. The predicted molar refractivity (Wildman–Crippen MR) is 77.2 cm³/mol. The maximum atomic E-state index is 10.7. The van der Waals surface area contributed by atoms with Crippen LogP contribution >= 0.6 is 0 Å². The Labute approximate surface area is 135 Å². The fraction of sp³-hybridized carbons (Fsp3) is 0.867. The highest BCUT2D eigenvalue weighted by molar-refractivity contribution is 5.62. The predicted octanol–water partition coefficient (Wildman–Crippen LogP) is 2.04. The third-order valence-corrected chi connectivity index (χ3v) is 3.48. The number of hydrogen-bond acceptors (Lipinski definition) is 8. The summed E-state index contributed by atoms with van der Waals surface area (Å²) in [6.45, 7) is 2.69. The van der Waals surface area contributed by atoms with Crippen LogP contribution in [0.25, 0.3) is 0 Å². The molecule has 0 aromatic heterocycles. The number of hydrogen-bond donors (Lipinski definition) is 0. The van der Waals surface area contributed by atoms with Crippen LogP contribution in [-0.2, 0) is 28.4 Å². The van der Waals surface area contributed by atoms with Gasteiger partial charge in [-0.25, -0.2) is 9.59 Å². The third-order valence-electron chi connectivity index (χ3n) is 3.48. The van der Waals surface area contributed by atoms with E-state index in [0.717, 1.165) is 32.1 Å². The highest BCUT2D eigenvalue weighted by atomic mass is 16.8. The lowest BCUT2D eigenvalue weighted by atomic mass is 10.1. The summed E-state index contributed by atoms with van der Waals surface area (Å²) in [7, 11) is 0. The normalized spacial score (nSPS) is 23.3. The van der Waals surface area contributed by atoms with E-state index >= 15 is 0 Å². The van der Waals surface area contributed by atoms with Crippen LogP contribution < -0.4 is 0 Å². The first kappa shape index (κ1) is 17.8. The average molecular weight is 332 g/mol. The Morgan fingerprint density at radius 3 is 1.57 bits per heavy atom. The zero-order valence-corrected chi connectivity index (χ0v) is 13.2. The van der Waals surface area contributed by atoms with Crippen molar-refractivity contribution in [2.45, 2.75) is 44.3 Å². The molecule has 2 aliphatic rings. The molecule has 2 atom stereocenters. The minimum atomic E-state index is -0.612. The van der Waals surface area contributed by atoms with Crippen LogP contribution in [0.2, 0.25) is 0 Å². The molecule has 132 valence electrons. The molecule has 0 amide bonds. The Kier molecular flexibility index (Phi) is 7.96. The van der Waals surface area contributed by atoms with Crippen LogP contribution in [0.1, 0.15) is 32.1 Å². The van der Waals surface area contributed by atoms with Gasteiger partial charge in [-0.05, 0) is 12.8 Å². The number of rotatable bonds is 12. The van der Waals surface area contributed by atoms with E-state index in [1.54, 1.807) is 0 Å². The van der Waals surface area contributed by atoms with Crippen molar-refractivity contribution in [3.05, 3.63) is 0 Å². The van der Waals surface area contributed by atoms with E-state index < -0.39 is 12.3 Å². The lowest BCUT2D eigenvalue weighted by molar-refractivity contribution is 0.0425. The van der Waals surface area contributed by atoms with Gasteiger partial charge in [0.05, 0.1) is 13.2 Å².